The van der Waals surface area contributed by atoms with Gasteiger partial charge in [0, 0.05) is 11.0 Å². The van der Waals surface area contributed by atoms with Crippen LogP contribution in [0, 0.1) is 22.7 Å². The minimum absolute atomic E-state index is 0.0410. The highest BCUT2D eigenvalue weighted by molar-refractivity contribution is 5.90. The molecule has 0 aromatic rings. The Kier molecular flexibility index (Phi) is 5.19. The van der Waals surface area contributed by atoms with E-state index in [1.807, 2.05) is 13.0 Å². The van der Waals surface area contributed by atoms with Crippen LogP contribution in [0.5, 0.6) is 0 Å². The molecule has 1 aliphatic heterocycles. The quantitative estimate of drug-likeness (QED) is 0.728. The molecule has 2 fully saturated rings. The molecule has 152 valence electrons. The predicted molar refractivity (Wildman–Crippen MR) is 98.6 cm³/mol. The van der Waals surface area contributed by atoms with Gasteiger partial charge >= 0.3 is 11.9 Å². The van der Waals surface area contributed by atoms with Crippen LogP contribution in [0.2, 0.25) is 0 Å². The van der Waals surface area contributed by atoms with Crippen molar-refractivity contribution in [3.8, 4) is 0 Å². The molecule has 3 rings (SSSR count). The number of aliphatic hydroxyl groups is 2. The normalized spacial score (nSPS) is 44.3. The van der Waals surface area contributed by atoms with Crippen LogP contribution in [0.3, 0.4) is 0 Å². The molecule has 6 heteroatoms. The fourth-order valence-corrected chi connectivity index (χ4v) is 6.06. The minimum atomic E-state index is -1.91. The number of ether oxygens (including phenoxy) is 2. The number of hydrogen-bond donors (Lipinski definition) is 2. The number of rotatable bonds is 4. The topological polar surface area (TPSA) is 93.1 Å². The molecule has 2 saturated carbocycles. The van der Waals surface area contributed by atoms with Crippen molar-refractivity contribution < 1.29 is 29.3 Å². The Morgan fingerprint density at radius 3 is 2.63 bits per heavy atom. The molecule has 0 bridgehead atoms. The first kappa shape index (κ1) is 20.3. The zero-order chi connectivity index (χ0) is 20.0. The molecular weight excluding hydrogens is 348 g/mol. The Labute approximate surface area is 160 Å². The van der Waals surface area contributed by atoms with E-state index in [2.05, 4.69) is 13.8 Å². The molecule has 0 radical (unpaired) electrons. The lowest BCUT2D eigenvalue weighted by Crippen LogP contribution is -2.69. The third-order valence-electron chi connectivity index (χ3n) is 8.11. The molecule has 1 heterocycles. The molecular formula is C21H32O6. The van der Waals surface area contributed by atoms with Crippen molar-refractivity contribution in [2.45, 2.75) is 71.0 Å². The van der Waals surface area contributed by atoms with E-state index in [9.17, 15) is 19.8 Å². The second-order valence-corrected chi connectivity index (χ2v) is 9.09. The molecule has 2 aliphatic carbocycles. The minimum Gasteiger partial charge on any atom is -0.467 e. The van der Waals surface area contributed by atoms with Crippen LogP contribution in [0.4, 0.5) is 0 Å². The van der Waals surface area contributed by atoms with Crippen molar-refractivity contribution in [3.05, 3.63) is 11.6 Å². The molecule has 3 aliphatic rings. The van der Waals surface area contributed by atoms with Gasteiger partial charge in [0.05, 0.1) is 13.2 Å². The molecule has 0 aromatic heterocycles. The second-order valence-electron chi connectivity index (χ2n) is 9.09. The SMILES string of the molecule is COC(=O)C1(O)C(O)CCC2C(C)(CCC3=CCOC3=O)C(C)CCC21C. The number of fused-ring (bicyclic) bond motifs is 1. The maximum Gasteiger partial charge on any atom is 0.341 e. The van der Waals surface area contributed by atoms with Crippen molar-refractivity contribution in [2.24, 2.45) is 22.7 Å². The van der Waals surface area contributed by atoms with Gasteiger partial charge in [0.1, 0.15) is 6.61 Å². The first-order valence-electron chi connectivity index (χ1n) is 9.96. The first-order valence-corrected chi connectivity index (χ1v) is 9.96. The number of esters is 2. The Morgan fingerprint density at radius 1 is 1.33 bits per heavy atom. The Bertz CT molecular complexity index is 657. The zero-order valence-corrected chi connectivity index (χ0v) is 16.8. The van der Waals surface area contributed by atoms with E-state index in [4.69, 9.17) is 9.47 Å². The molecule has 0 saturated heterocycles. The summed E-state index contributed by atoms with van der Waals surface area (Å²) < 4.78 is 9.93. The Hall–Kier alpha value is -1.40. The van der Waals surface area contributed by atoms with Gasteiger partial charge in [-0.25, -0.2) is 9.59 Å². The number of hydrogen-bond acceptors (Lipinski definition) is 6. The van der Waals surface area contributed by atoms with Crippen molar-refractivity contribution in [1.82, 2.24) is 0 Å². The van der Waals surface area contributed by atoms with Gasteiger partial charge in [-0.05, 0) is 61.9 Å². The standard InChI is InChI=1S/C21H32O6/c1-13-7-11-20(3)15(5-6-16(22)21(20,25)18(24)26-4)19(13,2)10-8-14-9-12-27-17(14)23/h9,13,15-16,22,25H,5-8,10-12H2,1-4H3. The van der Waals surface area contributed by atoms with Gasteiger partial charge in [-0.3, -0.25) is 0 Å². The molecule has 27 heavy (non-hydrogen) atoms. The van der Waals surface area contributed by atoms with Crippen LogP contribution >= 0.6 is 0 Å². The maximum atomic E-state index is 12.6. The van der Waals surface area contributed by atoms with Crippen LogP contribution in [-0.2, 0) is 19.1 Å². The lowest BCUT2D eigenvalue weighted by atomic mass is 9.43. The van der Waals surface area contributed by atoms with E-state index in [0.29, 0.717) is 31.8 Å². The molecule has 2 N–H and O–H groups in total. The van der Waals surface area contributed by atoms with Crippen molar-refractivity contribution in [3.63, 3.8) is 0 Å². The number of carbonyl (C=O) groups excluding carboxylic acids is 2. The highest BCUT2D eigenvalue weighted by Crippen LogP contribution is 2.64. The van der Waals surface area contributed by atoms with Crippen LogP contribution in [-0.4, -0.2) is 47.6 Å². The van der Waals surface area contributed by atoms with E-state index in [1.165, 1.54) is 7.11 Å². The lowest BCUT2D eigenvalue weighted by Gasteiger charge is -2.63. The number of cyclic esters (lactones) is 1. The third-order valence-corrected chi connectivity index (χ3v) is 8.11. The monoisotopic (exact) mass is 380 g/mol. The fourth-order valence-electron chi connectivity index (χ4n) is 6.06. The first-order chi connectivity index (χ1) is 12.6. The van der Waals surface area contributed by atoms with E-state index in [0.717, 1.165) is 24.8 Å². The summed E-state index contributed by atoms with van der Waals surface area (Å²) in [4.78, 5) is 24.4. The summed E-state index contributed by atoms with van der Waals surface area (Å²) in [5.41, 5.74) is -2.13. The maximum absolute atomic E-state index is 12.6. The molecule has 0 spiro atoms. The molecule has 6 nitrogen and oxygen atoms in total. The summed E-state index contributed by atoms with van der Waals surface area (Å²) in [6.07, 6.45) is 4.72. The van der Waals surface area contributed by atoms with Crippen molar-refractivity contribution >= 4 is 11.9 Å². The van der Waals surface area contributed by atoms with E-state index in [-0.39, 0.29) is 17.3 Å². The average molecular weight is 380 g/mol. The van der Waals surface area contributed by atoms with Gasteiger partial charge in [-0.2, -0.15) is 0 Å². The van der Waals surface area contributed by atoms with Gasteiger partial charge in [0.25, 0.3) is 0 Å². The summed E-state index contributed by atoms with van der Waals surface area (Å²) in [6.45, 7) is 6.68. The largest absolute Gasteiger partial charge is 0.467 e. The van der Waals surface area contributed by atoms with Crippen molar-refractivity contribution in [2.75, 3.05) is 13.7 Å². The van der Waals surface area contributed by atoms with Gasteiger partial charge < -0.3 is 19.7 Å². The summed E-state index contributed by atoms with van der Waals surface area (Å²) in [7, 11) is 1.25. The molecule has 6 atom stereocenters. The highest BCUT2D eigenvalue weighted by Gasteiger charge is 2.68. The number of methoxy groups -OCH3 is 1. The van der Waals surface area contributed by atoms with E-state index >= 15 is 0 Å². The van der Waals surface area contributed by atoms with Crippen LogP contribution in [0.15, 0.2) is 11.6 Å². The van der Waals surface area contributed by atoms with Crippen LogP contribution in [0.1, 0.15) is 59.3 Å². The highest BCUT2D eigenvalue weighted by atomic mass is 16.5. The fraction of sp³-hybridized carbons (Fsp3) is 0.810. The second kappa shape index (κ2) is 6.89. The Morgan fingerprint density at radius 2 is 2.04 bits per heavy atom. The van der Waals surface area contributed by atoms with Crippen LogP contribution in [0.25, 0.3) is 0 Å². The third kappa shape index (κ3) is 2.83. The van der Waals surface area contributed by atoms with E-state index < -0.39 is 23.1 Å². The molecule has 6 unspecified atom stereocenters. The molecule has 0 aromatic carbocycles. The average Bonchev–Trinajstić information content (AvgIpc) is 3.05. The number of aliphatic hydroxyl groups excluding tert-OH is 1. The van der Waals surface area contributed by atoms with Gasteiger partial charge in [-0.15, -0.1) is 0 Å². The summed E-state index contributed by atoms with van der Waals surface area (Å²) in [5, 5.41) is 22.0. The van der Waals surface area contributed by atoms with Gasteiger partial charge in [0.2, 0.25) is 0 Å². The van der Waals surface area contributed by atoms with Gasteiger partial charge in [0.15, 0.2) is 5.60 Å². The zero-order valence-electron chi connectivity index (χ0n) is 16.8. The Balaban J connectivity index is 1.94. The summed E-state index contributed by atoms with van der Waals surface area (Å²) in [5.74, 6) is -0.568. The van der Waals surface area contributed by atoms with Crippen molar-refractivity contribution in [1.29, 1.82) is 0 Å². The lowest BCUT2D eigenvalue weighted by molar-refractivity contribution is -0.249. The predicted octanol–water partition coefficient (Wildman–Crippen LogP) is 2.37. The number of carbonyl (C=O) groups is 2. The summed E-state index contributed by atoms with van der Waals surface area (Å²) in [6, 6.07) is 0. The smallest absolute Gasteiger partial charge is 0.341 e. The van der Waals surface area contributed by atoms with E-state index in [1.54, 1.807) is 0 Å². The van der Waals surface area contributed by atoms with Gasteiger partial charge in [-0.1, -0.05) is 20.8 Å². The summed E-state index contributed by atoms with van der Waals surface area (Å²) >= 11 is 0. The molecule has 0 amide bonds. The van der Waals surface area contributed by atoms with Crippen LogP contribution < -0.4 is 0 Å².